The molecule has 0 amide bonds. The molecule has 0 bridgehead atoms. The van der Waals surface area contributed by atoms with Gasteiger partial charge in [0.2, 0.25) is 0 Å². The summed E-state index contributed by atoms with van der Waals surface area (Å²) in [6.45, 7) is 24.1. The zero-order chi connectivity index (χ0) is 52.3. The van der Waals surface area contributed by atoms with E-state index in [4.69, 9.17) is 61.6 Å². The summed E-state index contributed by atoms with van der Waals surface area (Å²) in [4.78, 5) is 24.0. The second-order valence-corrected chi connectivity index (χ2v) is 22.1. The van der Waals surface area contributed by atoms with Gasteiger partial charge in [-0.25, -0.2) is 0 Å². The van der Waals surface area contributed by atoms with E-state index in [2.05, 4.69) is 56.6 Å². The first-order valence-electron chi connectivity index (χ1n) is 28.5. The van der Waals surface area contributed by atoms with Crippen LogP contribution in [0, 0.1) is 46.3 Å². The summed E-state index contributed by atoms with van der Waals surface area (Å²) < 4.78 is 72.5. The number of alkyl halides is 1. The Morgan fingerprint density at radius 2 is 0.986 bits per heavy atom. The van der Waals surface area contributed by atoms with Gasteiger partial charge in [0.15, 0.2) is 0 Å². The highest BCUT2D eigenvalue weighted by Crippen LogP contribution is 2.67. The Labute approximate surface area is 449 Å². The summed E-state index contributed by atoms with van der Waals surface area (Å²) in [5.41, 5.74) is 2.33. The highest BCUT2D eigenvalue weighted by molar-refractivity contribution is 9.09. The summed E-state index contributed by atoms with van der Waals surface area (Å²) in [6.07, 6.45) is 18.1. The van der Waals surface area contributed by atoms with Crippen LogP contribution in [0.25, 0.3) is 0 Å². The van der Waals surface area contributed by atoms with Crippen LogP contribution in [0.5, 0.6) is 0 Å². The zero-order valence-corrected chi connectivity index (χ0v) is 47.8. The molecular weight excluding hydrogens is 1000 g/mol. The lowest BCUT2D eigenvalue weighted by Gasteiger charge is -2.58. The number of fused-ring (bicyclic) bond motifs is 5. The number of ketones is 1. The summed E-state index contributed by atoms with van der Waals surface area (Å²) >= 11 is 3.15. The summed E-state index contributed by atoms with van der Waals surface area (Å²) in [6, 6.07) is 0. The van der Waals surface area contributed by atoms with Crippen LogP contribution < -0.4 is 0 Å². The first-order chi connectivity index (χ1) is 35.6. The van der Waals surface area contributed by atoms with Gasteiger partial charge in [0, 0.05) is 19.4 Å². The molecule has 4 rings (SSSR count). The largest absolute Gasteiger partial charge is 0.462 e. The molecule has 4 aliphatic carbocycles. The van der Waals surface area contributed by atoms with Crippen LogP contribution in [0.15, 0.2) is 11.6 Å². The molecule has 0 aliphatic heterocycles. The van der Waals surface area contributed by atoms with Crippen molar-refractivity contribution in [3.05, 3.63) is 11.6 Å². The minimum Gasteiger partial charge on any atom is -0.462 e. The standard InChI is InChI=1S/C57H101BrO15/c1-46(2)8-6-9-47(3)52-13-14-53-51-12-11-48-44-50(15-18-56(48,4)54(51)16-19-57(52,53)5)73-55(60)17-21-62-23-25-64-27-29-66-31-33-68-35-37-70-39-41-72-43-42-71-40-38-69-36-34-67-32-30-65-28-26-63-24-22-61-20-7-10-49(59)45-58/h11,46-47,50-54H,6-10,12-45H2,1-5H3/t47-,50?,51?,52?,53?,54?,56+,57-/m1/s1. The Hall–Kier alpha value is -1.12. The fraction of sp³-hybridized carbons (Fsp3) is 0.930. The van der Waals surface area contributed by atoms with Crippen LogP contribution in [0.2, 0.25) is 0 Å². The molecule has 4 aliphatic rings. The van der Waals surface area contributed by atoms with Crippen LogP contribution in [0.1, 0.15) is 125 Å². The molecule has 8 atom stereocenters. The third kappa shape index (κ3) is 25.5. The number of carbonyl (C=O) groups excluding carboxylic acids is 2. The van der Waals surface area contributed by atoms with Gasteiger partial charge in [0.1, 0.15) is 11.9 Å². The van der Waals surface area contributed by atoms with Gasteiger partial charge in [0.05, 0.1) is 164 Å². The number of rotatable bonds is 47. The smallest absolute Gasteiger partial charge is 0.308 e. The van der Waals surface area contributed by atoms with E-state index in [1.807, 2.05) is 0 Å². The number of Topliss-reactive ketones (excluding diaryl/α,β-unsaturated/α-hetero) is 1. The molecule has 0 spiro atoms. The lowest BCUT2D eigenvalue weighted by molar-refractivity contribution is -0.152. The Kier molecular flexibility index (Phi) is 34.6. The van der Waals surface area contributed by atoms with Gasteiger partial charge in [0.25, 0.3) is 0 Å². The molecule has 3 fully saturated rings. The van der Waals surface area contributed by atoms with Crippen molar-refractivity contribution in [3.8, 4) is 0 Å². The van der Waals surface area contributed by atoms with Gasteiger partial charge in [-0.3, -0.25) is 9.59 Å². The van der Waals surface area contributed by atoms with Crippen LogP contribution in [-0.4, -0.2) is 182 Å². The average Bonchev–Trinajstić information content (AvgIpc) is 3.74. The average molecular weight is 1110 g/mol. The summed E-state index contributed by atoms with van der Waals surface area (Å²) in [5, 5.41) is 0.403. The summed E-state index contributed by atoms with van der Waals surface area (Å²) in [5.74, 6) is 5.02. The number of hydrogen-bond donors (Lipinski definition) is 0. The van der Waals surface area contributed by atoms with Gasteiger partial charge in [-0.2, -0.15) is 0 Å². The van der Waals surface area contributed by atoms with Crippen molar-refractivity contribution in [3.63, 3.8) is 0 Å². The molecular formula is C57H101BrO15. The first kappa shape index (κ1) is 64.4. The van der Waals surface area contributed by atoms with Gasteiger partial charge >= 0.3 is 5.97 Å². The number of allylic oxidation sites excluding steroid dienone is 1. The number of carbonyl (C=O) groups is 2. The Morgan fingerprint density at radius 1 is 0.534 bits per heavy atom. The van der Waals surface area contributed by atoms with E-state index in [9.17, 15) is 9.59 Å². The zero-order valence-electron chi connectivity index (χ0n) is 46.2. The molecule has 0 aromatic heterocycles. The summed E-state index contributed by atoms with van der Waals surface area (Å²) in [7, 11) is 0. The second-order valence-electron chi connectivity index (χ2n) is 21.5. The van der Waals surface area contributed by atoms with E-state index in [-0.39, 0.29) is 29.7 Å². The molecule has 73 heavy (non-hydrogen) atoms. The number of hydrogen-bond acceptors (Lipinski definition) is 15. The number of esters is 1. The van der Waals surface area contributed by atoms with Gasteiger partial charge in [-0.05, 0) is 97.7 Å². The maximum absolute atomic E-state index is 12.8. The van der Waals surface area contributed by atoms with Gasteiger partial charge in [-0.15, -0.1) is 0 Å². The van der Waals surface area contributed by atoms with Crippen LogP contribution in [0.4, 0.5) is 0 Å². The Bertz CT molecular complexity index is 1450. The topological polar surface area (TPSA) is 154 Å². The van der Waals surface area contributed by atoms with Crippen molar-refractivity contribution in [2.75, 3.05) is 164 Å². The first-order valence-corrected chi connectivity index (χ1v) is 29.6. The van der Waals surface area contributed by atoms with Crippen molar-refractivity contribution >= 4 is 27.7 Å². The predicted molar refractivity (Wildman–Crippen MR) is 285 cm³/mol. The van der Waals surface area contributed by atoms with E-state index >= 15 is 0 Å². The highest BCUT2D eigenvalue weighted by Gasteiger charge is 2.59. The quantitative estimate of drug-likeness (QED) is 0.0246. The van der Waals surface area contributed by atoms with Crippen molar-refractivity contribution in [1.29, 1.82) is 0 Å². The minimum atomic E-state index is -0.158. The maximum Gasteiger partial charge on any atom is 0.308 e. The van der Waals surface area contributed by atoms with E-state index in [0.717, 1.165) is 61.2 Å². The maximum atomic E-state index is 12.8. The molecule has 5 unspecified atom stereocenters. The molecule has 0 N–H and O–H groups in total. The third-order valence-electron chi connectivity index (χ3n) is 16.0. The lowest BCUT2D eigenvalue weighted by atomic mass is 9.47. The Morgan fingerprint density at radius 3 is 1.44 bits per heavy atom. The Balaban J connectivity index is 0.829. The molecule has 426 valence electrons. The van der Waals surface area contributed by atoms with Crippen molar-refractivity contribution < 1.29 is 71.2 Å². The van der Waals surface area contributed by atoms with Crippen molar-refractivity contribution in [2.24, 2.45) is 46.3 Å². The van der Waals surface area contributed by atoms with Crippen LogP contribution in [0.3, 0.4) is 0 Å². The molecule has 0 aromatic carbocycles. The molecule has 0 heterocycles. The second kappa shape index (κ2) is 39.3. The third-order valence-corrected chi connectivity index (χ3v) is 16.6. The molecule has 0 saturated heterocycles. The SMILES string of the molecule is CC(C)CCC[C@@H](C)C1CCC2C3CC=C4CC(OC(=O)CCOCCOCCOCCOCCOCCOCCOCCOCCOCCOCCOCCOCCCC(=O)CBr)CC[C@]4(C)C3CC[C@@]21C. The van der Waals surface area contributed by atoms with Gasteiger partial charge < -0.3 is 61.6 Å². The van der Waals surface area contributed by atoms with Crippen LogP contribution in [-0.2, 0) is 71.2 Å². The fourth-order valence-electron chi connectivity index (χ4n) is 12.1. The predicted octanol–water partition coefficient (Wildman–Crippen LogP) is 9.27. The van der Waals surface area contributed by atoms with E-state index in [1.165, 1.54) is 51.4 Å². The number of halogens is 1. The van der Waals surface area contributed by atoms with Crippen molar-refractivity contribution in [2.45, 2.75) is 131 Å². The monoisotopic (exact) mass is 1100 g/mol. The molecule has 0 aromatic rings. The van der Waals surface area contributed by atoms with E-state index < -0.39 is 0 Å². The highest BCUT2D eigenvalue weighted by atomic mass is 79.9. The lowest BCUT2D eigenvalue weighted by Crippen LogP contribution is -2.51. The van der Waals surface area contributed by atoms with E-state index in [1.54, 1.807) is 5.57 Å². The fourth-order valence-corrected chi connectivity index (χ4v) is 12.4. The number of ether oxygens (including phenoxy) is 13. The molecule has 0 radical (unpaired) electrons. The molecule has 16 heteroatoms. The normalized spacial score (nSPS) is 25.1. The molecule has 15 nitrogen and oxygen atoms in total. The van der Waals surface area contributed by atoms with Gasteiger partial charge in [-0.1, -0.05) is 81.5 Å². The molecule has 3 saturated carbocycles. The minimum absolute atomic E-state index is 0.0169. The van der Waals surface area contributed by atoms with Crippen molar-refractivity contribution in [1.82, 2.24) is 0 Å². The van der Waals surface area contributed by atoms with Crippen LogP contribution >= 0.6 is 15.9 Å². The van der Waals surface area contributed by atoms with E-state index in [0.29, 0.717) is 176 Å².